The van der Waals surface area contributed by atoms with Crippen LogP contribution in [0.1, 0.15) is 37.5 Å². The summed E-state index contributed by atoms with van der Waals surface area (Å²) in [6.07, 6.45) is -2.20. The topological polar surface area (TPSA) is 195 Å². The Bertz CT molecular complexity index is 2250. The Kier molecular flexibility index (Phi) is 13.4. The summed E-state index contributed by atoms with van der Waals surface area (Å²) in [6, 6.07) is 27.5. The quantitative estimate of drug-likeness (QED) is 0.124. The van der Waals surface area contributed by atoms with Crippen molar-refractivity contribution in [2.45, 2.75) is 61.9 Å². The van der Waals surface area contributed by atoms with Crippen LogP contribution in [0.25, 0.3) is 11.4 Å². The highest BCUT2D eigenvalue weighted by atomic mass is 79.9. The molecule has 1 aromatic heterocycles. The minimum atomic E-state index is -4.73. The van der Waals surface area contributed by atoms with Crippen LogP contribution in [0.4, 0.5) is 4.79 Å². The maximum absolute atomic E-state index is 15.2. The zero-order valence-electron chi connectivity index (χ0n) is 30.6. The number of rotatable bonds is 16. The predicted molar refractivity (Wildman–Crippen MR) is 208 cm³/mol. The Labute approximate surface area is 328 Å². The summed E-state index contributed by atoms with van der Waals surface area (Å²) in [5.41, 5.74) is 1.19. The molecule has 0 aliphatic rings. The van der Waals surface area contributed by atoms with Gasteiger partial charge < -0.3 is 19.9 Å². The number of methoxy groups -OCH3 is 1. The molecule has 0 fully saturated rings. The van der Waals surface area contributed by atoms with E-state index >= 15 is 8.42 Å². The summed E-state index contributed by atoms with van der Waals surface area (Å²) in [5, 5.41) is 25.8. The number of aromatic nitrogens is 4. The van der Waals surface area contributed by atoms with Gasteiger partial charge in [-0.1, -0.05) is 72.8 Å². The molecule has 1 atom stereocenters. The Morgan fingerprint density at radius 1 is 0.873 bits per heavy atom. The number of amides is 1. The lowest BCUT2D eigenvalue weighted by Gasteiger charge is -2.25. The normalized spacial score (nSPS) is 12.7. The first-order valence-electron chi connectivity index (χ1n) is 17.0. The lowest BCUT2D eigenvalue weighted by atomic mass is 10.2. The number of nitrogens with zero attached hydrogens (tertiary/aromatic N) is 5. The fourth-order valence-electron chi connectivity index (χ4n) is 5.32. The molecule has 5 rings (SSSR count). The molecule has 3 N–H and O–H groups in total. The van der Waals surface area contributed by atoms with E-state index in [9.17, 15) is 18.3 Å². The van der Waals surface area contributed by atoms with Gasteiger partial charge in [-0.25, -0.2) is 26.4 Å². The van der Waals surface area contributed by atoms with Crippen molar-refractivity contribution in [3.8, 4) is 17.1 Å². The average Bonchev–Trinajstić information content (AvgIpc) is 3.61. The first-order valence-corrected chi connectivity index (χ1v) is 20.7. The number of carbonyl (C=O) groups is 1. The number of aliphatic hydroxyl groups excluding tert-OH is 1. The summed E-state index contributed by atoms with van der Waals surface area (Å²) in [5.74, 6) is 0.501. The summed E-state index contributed by atoms with van der Waals surface area (Å²) in [4.78, 5) is 12.2. The Hall–Kier alpha value is -4.72. The van der Waals surface area contributed by atoms with Crippen LogP contribution < -0.4 is 14.8 Å². The van der Waals surface area contributed by atoms with E-state index in [4.69, 9.17) is 9.47 Å². The number of aliphatic hydroxyl groups is 1. The van der Waals surface area contributed by atoms with Gasteiger partial charge in [0.25, 0.3) is 0 Å². The van der Waals surface area contributed by atoms with E-state index in [0.717, 1.165) is 11.6 Å². The largest absolute Gasteiger partial charge is 0.497 e. The second kappa shape index (κ2) is 17.8. The highest BCUT2D eigenvalue weighted by Crippen LogP contribution is 2.39. The molecular weight excluding hydrogens is 814 g/mol. The van der Waals surface area contributed by atoms with Crippen molar-refractivity contribution in [1.82, 2.24) is 34.6 Å². The van der Waals surface area contributed by atoms with Crippen LogP contribution in [0.2, 0.25) is 0 Å². The van der Waals surface area contributed by atoms with Gasteiger partial charge in [0.1, 0.15) is 21.1 Å². The maximum Gasteiger partial charge on any atom is 0.407 e. The fourth-order valence-corrected chi connectivity index (χ4v) is 9.44. The van der Waals surface area contributed by atoms with Gasteiger partial charge in [0.15, 0.2) is 0 Å². The number of hydrogen-bond acceptors (Lipinski definition) is 11. The number of nitrogens with one attached hydrogen (secondary N) is 2. The molecule has 0 spiro atoms. The summed E-state index contributed by atoms with van der Waals surface area (Å²) >= 11 is 3.45. The van der Waals surface area contributed by atoms with Crippen molar-refractivity contribution in [1.29, 1.82) is 0 Å². The summed E-state index contributed by atoms with van der Waals surface area (Å²) in [6.45, 7) is 4.05. The van der Waals surface area contributed by atoms with Crippen molar-refractivity contribution in [2.24, 2.45) is 0 Å². The van der Waals surface area contributed by atoms with Gasteiger partial charge in [-0.15, -0.1) is 10.2 Å². The number of benzene rings is 4. The molecule has 0 radical (unpaired) electrons. The second-order valence-electron chi connectivity index (χ2n) is 13.4. The SMILES string of the molecule is COc1ccc(Cn2nnc(-c3c(Br)ccc(S(=O)(=O)NCC(O)CNC(=O)OC(C)(C)C)c3S(=O)(=O)N(Cc3ccccc3)Cc3ccccc3)n2)cc1. The van der Waals surface area contributed by atoms with Gasteiger partial charge in [-0.05, 0) is 82.9 Å². The van der Waals surface area contributed by atoms with Crippen LogP contribution in [0.15, 0.2) is 111 Å². The number of hydrogen-bond donors (Lipinski definition) is 3. The van der Waals surface area contributed by atoms with Crippen molar-refractivity contribution >= 4 is 42.1 Å². The number of sulfonamides is 2. The van der Waals surface area contributed by atoms with Crippen LogP contribution in [0.3, 0.4) is 0 Å². The van der Waals surface area contributed by atoms with E-state index in [1.807, 2.05) is 12.1 Å². The van der Waals surface area contributed by atoms with Crippen LogP contribution in [0.5, 0.6) is 5.75 Å². The van der Waals surface area contributed by atoms with Crippen LogP contribution in [0, 0.1) is 0 Å². The lowest BCUT2D eigenvalue weighted by molar-refractivity contribution is 0.0494. The molecule has 0 bridgehead atoms. The van der Waals surface area contributed by atoms with E-state index in [0.29, 0.717) is 16.9 Å². The van der Waals surface area contributed by atoms with Gasteiger partial charge in [0.05, 0.1) is 25.3 Å². The first kappa shape index (κ1) is 41.4. The number of alkyl carbamates (subject to hydrolysis) is 1. The number of tetrazole rings is 1. The van der Waals surface area contributed by atoms with Crippen molar-refractivity contribution < 1.29 is 36.2 Å². The Balaban J connectivity index is 1.58. The third-order valence-corrected chi connectivity index (χ3v) is 12.0. The van der Waals surface area contributed by atoms with Gasteiger partial charge >= 0.3 is 6.09 Å². The Morgan fingerprint density at radius 3 is 2.04 bits per heavy atom. The van der Waals surface area contributed by atoms with E-state index in [1.54, 1.807) is 101 Å². The molecule has 4 aromatic carbocycles. The molecule has 292 valence electrons. The second-order valence-corrected chi connectivity index (χ2v) is 17.8. The Morgan fingerprint density at radius 2 is 1.47 bits per heavy atom. The van der Waals surface area contributed by atoms with E-state index in [-0.39, 0.29) is 42.0 Å². The predicted octanol–water partition coefficient (Wildman–Crippen LogP) is 4.71. The molecule has 1 amide bonds. The lowest BCUT2D eigenvalue weighted by Crippen LogP contribution is -2.42. The molecule has 5 aromatic rings. The number of halogens is 1. The maximum atomic E-state index is 15.2. The van der Waals surface area contributed by atoms with Crippen molar-refractivity contribution in [2.75, 3.05) is 20.2 Å². The first-order chi connectivity index (χ1) is 26.1. The molecule has 0 aliphatic heterocycles. The van der Waals surface area contributed by atoms with Crippen molar-refractivity contribution in [3.63, 3.8) is 0 Å². The number of carbonyl (C=O) groups excluding carboxylic acids is 1. The minimum Gasteiger partial charge on any atom is -0.497 e. The van der Waals surface area contributed by atoms with E-state index in [1.165, 1.54) is 15.2 Å². The molecule has 15 nitrogen and oxygen atoms in total. The molecule has 0 aliphatic carbocycles. The highest BCUT2D eigenvalue weighted by molar-refractivity contribution is 9.10. The summed E-state index contributed by atoms with van der Waals surface area (Å²) in [7, 11) is -7.86. The van der Waals surface area contributed by atoms with Gasteiger partial charge in [0.2, 0.25) is 25.9 Å². The molecule has 0 saturated carbocycles. The molecular formula is C37H42BrN7O8S2. The van der Waals surface area contributed by atoms with E-state index < -0.39 is 54.2 Å². The molecule has 0 saturated heterocycles. The third kappa shape index (κ3) is 11.2. The monoisotopic (exact) mass is 855 g/mol. The van der Waals surface area contributed by atoms with Crippen LogP contribution in [-0.2, 0) is 44.4 Å². The van der Waals surface area contributed by atoms with Gasteiger partial charge in [-0.2, -0.15) is 9.10 Å². The van der Waals surface area contributed by atoms with E-state index in [2.05, 4.69) is 41.4 Å². The van der Waals surface area contributed by atoms with Crippen LogP contribution in [-0.4, -0.2) is 84.5 Å². The van der Waals surface area contributed by atoms with Crippen LogP contribution >= 0.6 is 15.9 Å². The number of ether oxygens (including phenoxy) is 2. The minimum absolute atomic E-state index is 0.108. The fraction of sp³-hybridized carbons (Fsp3) is 0.297. The van der Waals surface area contributed by atoms with Gasteiger partial charge in [0, 0.05) is 30.7 Å². The molecule has 1 heterocycles. The van der Waals surface area contributed by atoms with Crippen molar-refractivity contribution in [3.05, 3.63) is 118 Å². The smallest absolute Gasteiger partial charge is 0.407 e. The molecule has 55 heavy (non-hydrogen) atoms. The zero-order chi connectivity index (χ0) is 39.8. The average molecular weight is 857 g/mol. The molecule has 1 unspecified atom stereocenters. The molecule has 18 heteroatoms. The standard InChI is InChI=1S/C37H42BrN7O8S2/c1-37(2,3)53-36(47)39-21-29(46)22-40-54(48,49)32-20-19-31(38)33(35-41-43-45(42-35)25-28-15-17-30(52-4)18-16-28)34(32)55(50,51)44(23-26-11-7-5-8-12-26)24-27-13-9-6-10-14-27/h5-20,29,40,46H,21-25H2,1-4H3,(H,39,47). The van der Waals surface area contributed by atoms with Gasteiger partial charge in [-0.3, -0.25) is 0 Å². The summed E-state index contributed by atoms with van der Waals surface area (Å²) < 4.78 is 72.7. The highest BCUT2D eigenvalue weighted by Gasteiger charge is 2.37. The zero-order valence-corrected chi connectivity index (χ0v) is 33.8. The third-order valence-electron chi connectivity index (χ3n) is 7.91.